The third-order valence-corrected chi connectivity index (χ3v) is 3.38. The lowest BCUT2D eigenvalue weighted by molar-refractivity contribution is -0.139. The summed E-state index contributed by atoms with van der Waals surface area (Å²) in [5.41, 5.74) is 0. The average molecular weight is 269 g/mol. The van der Waals surface area contributed by atoms with Crippen LogP contribution >= 0.6 is 0 Å². The van der Waals surface area contributed by atoms with Crippen LogP contribution in [-0.2, 0) is 0 Å². The van der Waals surface area contributed by atoms with Gasteiger partial charge in [-0.3, -0.25) is 0 Å². The van der Waals surface area contributed by atoms with Gasteiger partial charge in [-0.05, 0) is 18.8 Å². The molecule has 0 amide bonds. The van der Waals surface area contributed by atoms with E-state index >= 15 is 0 Å². The fourth-order valence-corrected chi connectivity index (χ4v) is 2.46. The molecule has 18 heavy (non-hydrogen) atoms. The van der Waals surface area contributed by atoms with Gasteiger partial charge in [-0.15, -0.1) is 0 Å². The van der Waals surface area contributed by atoms with E-state index in [1.54, 1.807) is 4.90 Å². The molecule has 0 aromatic heterocycles. The zero-order valence-electron chi connectivity index (χ0n) is 10.5. The summed E-state index contributed by atoms with van der Waals surface area (Å²) < 4.78 is 36.6. The van der Waals surface area contributed by atoms with Crippen LogP contribution in [0.1, 0.15) is 32.1 Å². The summed E-state index contributed by atoms with van der Waals surface area (Å²) in [4.78, 5) is 1.63. The molecule has 0 aromatic carbocycles. The predicted octanol–water partition coefficient (Wildman–Crippen LogP) is 1.78. The first-order valence-electron chi connectivity index (χ1n) is 6.48. The van der Waals surface area contributed by atoms with Crippen molar-refractivity contribution in [2.45, 2.75) is 44.4 Å². The summed E-state index contributed by atoms with van der Waals surface area (Å²) in [5, 5.41) is 18.1. The Bertz CT molecular complexity index is 230. The van der Waals surface area contributed by atoms with E-state index in [1.807, 2.05) is 0 Å². The highest BCUT2D eigenvalue weighted by Crippen LogP contribution is 2.26. The number of nitrogens with zero attached hydrogens (tertiary/aromatic N) is 1. The number of halogens is 3. The van der Waals surface area contributed by atoms with Crippen LogP contribution in [0, 0.1) is 5.92 Å². The lowest BCUT2D eigenvalue weighted by Crippen LogP contribution is -2.39. The lowest BCUT2D eigenvalue weighted by Gasteiger charge is -2.27. The number of hydrogen-bond acceptors (Lipinski definition) is 3. The fraction of sp³-hybridized carbons (Fsp3) is 1.00. The first kappa shape index (κ1) is 15.7. The Morgan fingerprint density at radius 1 is 1.22 bits per heavy atom. The Labute approximate surface area is 106 Å². The minimum atomic E-state index is -4.17. The molecule has 1 atom stereocenters. The Morgan fingerprint density at radius 2 is 1.83 bits per heavy atom. The number of alkyl halides is 3. The average Bonchev–Trinajstić information content (AvgIpc) is 2.77. The highest BCUT2D eigenvalue weighted by Gasteiger charge is 2.29. The molecule has 1 aliphatic carbocycles. The van der Waals surface area contributed by atoms with E-state index in [1.165, 1.54) is 0 Å². The maximum Gasteiger partial charge on any atom is 0.390 e. The Kier molecular flexibility index (Phi) is 6.38. The van der Waals surface area contributed by atoms with Gasteiger partial charge in [0.2, 0.25) is 0 Å². The van der Waals surface area contributed by atoms with E-state index in [4.69, 9.17) is 5.11 Å². The second-order valence-corrected chi connectivity index (χ2v) is 5.11. The minimum Gasteiger partial charge on any atom is -0.394 e. The second-order valence-electron chi connectivity index (χ2n) is 5.11. The summed E-state index contributed by atoms with van der Waals surface area (Å²) in [5.74, 6) is 0.434. The molecule has 1 rings (SSSR count). The maximum atomic E-state index is 12.2. The van der Waals surface area contributed by atoms with Gasteiger partial charge in [-0.1, -0.05) is 12.8 Å². The molecule has 6 heteroatoms. The molecule has 0 heterocycles. The Hall–Kier alpha value is -0.330. The van der Waals surface area contributed by atoms with Crippen molar-refractivity contribution in [2.75, 3.05) is 26.2 Å². The van der Waals surface area contributed by atoms with E-state index in [9.17, 15) is 18.3 Å². The zero-order valence-corrected chi connectivity index (χ0v) is 10.5. The molecule has 0 aliphatic heterocycles. The normalized spacial score (nSPS) is 19.7. The van der Waals surface area contributed by atoms with Crippen LogP contribution in [0.3, 0.4) is 0 Å². The first-order chi connectivity index (χ1) is 8.40. The predicted molar refractivity (Wildman–Crippen MR) is 62.2 cm³/mol. The summed E-state index contributed by atoms with van der Waals surface area (Å²) in [6.07, 6.45) is -1.61. The number of rotatable bonds is 7. The van der Waals surface area contributed by atoms with E-state index in [0.29, 0.717) is 12.5 Å². The van der Waals surface area contributed by atoms with Gasteiger partial charge in [0, 0.05) is 19.6 Å². The number of aliphatic hydroxyl groups excluding tert-OH is 2. The molecule has 0 unspecified atom stereocenters. The van der Waals surface area contributed by atoms with Crippen LogP contribution in [0.2, 0.25) is 0 Å². The number of hydrogen-bond donors (Lipinski definition) is 2. The molecule has 0 saturated heterocycles. The van der Waals surface area contributed by atoms with Crippen LogP contribution < -0.4 is 0 Å². The fourth-order valence-electron chi connectivity index (χ4n) is 2.46. The Morgan fingerprint density at radius 3 is 2.33 bits per heavy atom. The van der Waals surface area contributed by atoms with Crippen molar-refractivity contribution >= 4 is 0 Å². The molecule has 1 fully saturated rings. The van der Waals surface area contributed by atoms with Crippen LogP contribution in [0.25, 0.3) is 0 Å². The van der Waals surface area contributed by atoms with Gasteiger partial charge in [-0.2, -0.15) is 13.2 Å². The molecule has 1 saturated carbocycles. The summed E-state index contributed by atoms with van der Waals surface area (Å²) in [6, 6.07) is 0. The van der Waals surface area contributed by atoms with Gasteiger partial charge in [0.15, 0.2) is 0 Å². The lowest BCUT2D eigenvalue weighted by atomic mass is 10.1. The second kappa shape index (κ2) is 7.31. The maximum absolute atomic E-state index is 12.2. The Balaban J connectivity index is 2.40. The highest BCUT2D eigenvalue weighted by atomic mass is 19.4. The smallest absolute Gasteiger partial charge is 0.390 e. The van der Waals surface area contributed by atoms with Crippen LogP contribution in [0.5, 0.6) is 0 Å². The van der Waals surface area contributed by atoms with Gasteiger partial charge in [0.05, 0.1) is 19.1 Å². The van der Waals surface area contributed by atoms with Crippen molar-refractivity contribution in [1.82, 2.24) is 4.90 Å². The van der Waals surface area contributed by atoms with Gasteiger partial charge < -0.3 is 15.1 Å². The van der Waals surface area contributed by atoms with E-state index < -0.39 is 25.3 Å². The summed E-state index contributed by atoms with van der Waals surface area (Å²) in [7, 11) is 0. The summed E-state index contributed by atoms with van der Waals surface area (Å²) in [6.45, 7) is 0.195. The van der Waals surface area contributed by atoms with Crippen molar-refractivity contribution in [2.24, 2.45) is 5.92 Å². The quantitative estimate of drug-likeness (QED) is 0.740. The van der Waals surface area contributed by atoms with Crippen LogP contribution in [0.15, 0.2) is 0 Å². The van der Waals surface area contributed by atoms with Crippen molar-refractivity contribution in [1.29, 1.82) is 0 Å². The third kappa shape index (κ3) is 6.56. The van der Waals surface area contributed by atoms with Crippen LogP contribution in [-0.4, -0.2) is 53.6 Å². The van der Waals surface area contributed by atoms with Gasteiger partial charge in [-0.25, -0.2) is 0 Å². The van der Waals surface area contributed by atoms with Crippen molar-refractivity contribution in [3.8, 4) is 0 Å². The molecular weight excluding hydrogens is 247 g/mol. The number of aliphatic hydroxyl groups is 2. The third-order valence-electron chi connectivity index (χ3n) is 3.38. The molecule has 3 nitrogen and oxygen atoms in total. The van der Waals surface area contributed by atoms with Gasteiger partial charge >= 0.3 is 6.18 Å². The molecule has 1 aliphatic rings. The topological polar surface area (TPSA) is 43.7 Å². The van der Waals surface area contributed by atoms with E-state index in [-0.39, 0.29) is 13.1 Å². The molecule has 0 spiro atoms. The van der Waals surface area contributed by atoms with Crippen molar-refractivity contribution < 1.29 is 23.4 Å². The van der Waals surface area contributed by atoms with E-state index in [0.717, 1.165) is 25.7 Å². The van der Waals surface area contributed by atoms with Gasteiger partial charge in [0.25, 0.3) is 0 Å². The largest absolute Gasteiger partial charge is 0.394 e. The zero-order chi connectivity index (χ0) is 13.6. The summed E-state index contributed by atoms with van der Waals surface area (Å²) >= 11 is 0. The van der Waals surface area contributed by atoms with Crippen molar-refractivity contribution in [3.05, 3.63) is 0 Å². The van der Waals surface area contributed by atoms with Gasteiger partial charge in [0.1, 0.15) is 0 Å². The molecule has 2 N–H and O–H groups in total. The van der Waals surface area contributed by atoms with E-state index in [2.05, 4.69) is 0 Å². The molecule has 0 bridgehead atoms. The monoisotopic (exact) mass is 269 g/mol. The van der Waals surface area contributed by atoms with Crippen LogP contribution in [0.4, 0.5) is 13.2 Å². The first-order valence-corrected chi connectivity index (χ1v) is 6.48. The molecular formula is C12H22F3NO2. The standard InChI is InChI=1S/C12H22F3NO2/c13-12(14,15)5-6-16(8-11(18)9-17)7-10-3-1-2-4-10/h10-11,17-18H,1-9H2/t11-/m0/s1. The molecule has 108 valence electrons. The highest BCUT2D eigenvalue weighted by molar-refractivity contribution is 4.74. The SMILES string of the molecule is OC[C@@H](O)CN(CCC(F)(F)F)CC1CCCC1. The minimum absolute atomic E-state index is 0.100. The molecule has 0 aromatic rings. The molecule has 0 radical (unpaired) electrons. The van der Waals surface area contributed by atoms with Crippen molar-refractivity contribution in [3.63, 3.8) is 0 Å².